The number of fused-ring (bicyclic) bond motifs is 13. The van der Waals surface area contributed by atoms with Gasteiger partial charge in [0.15, 0.2) is 0 Å². The molecule has 6 nitrogen and oxygen atoms in total. The molecule has 0 aliphatic carbocycles. The summed E-state index contributed by atoms with van der Waals surface area (Å²) in [6.45, 7) is 9.33. The van der Waals surface area contributed by atoms with Gasteiger partial charge in [0.05, 0.1) is 61.3 Å². The molecule has 68 heavy (non-hydrogen) atoms. The second-order valence-corrected chi connectivity index (χ2v) is 19.5. The first kappa shape index (κ1) is 37.3. The van der Waals surface area contributed by atoms with Crippen molar-refractivity contribution in [3.8, 4) is 39.7 Å². The Labute approximate surface area is 395 Å². The lowest BCUT2D eigenvalue weighted by Crippen LogP contribution is -2.08. The second kappa shape index (κ2) is 13.8. The van der Waals surface area contributed by atoms with Crippen molar-refractivity contribution in [3.63, 3.8) is 0 Å². The lowest BCUT2D eigenvalue weighted by atomic mass is 9.88. The van der Waals surface area contributed by atoms with Gasteiger partial charge in [0.25, 0.3) is 0 Å². The summed E-state index contributed by atoms with van der Waals surface area (Å²) in [5, 5.41) is 23.2. The highest BCUT2D eigenvalue weighted by Gasteiger charge is 2.33. The average molecular weight is 899 g/mol. The van der Waals surface area contributed by atoms with Crippen molar-refractivity contribution >= 4 is 134 Å². The van der Waals surface area contributed by atoms with Crippen LogP contribution in [-0.2, 0) is 0 Å². The van der Waals surface area contributed by atoms with E-state index < -0.39 is 0 Å². The van der Waals surface area contributed by atoms with E-state index in [4.69, 9.17) is 9.97 Å². The van der Waals surface area contributed by atoms with E-state index in [9.17, 15) is 11.8 Å². The standard InChI is InChI=1S/C60H30N6S2/c1-62-56-50(33-14-4-2-5-15-33)43(32-61)57(51(34-16-6-3-7-17-34)59(56)65-44-22-12-20-39-52(44)53-40(21-13-23-45(53)65)55-54(39)63-28-29-64-55)66-46-31-49-42(36-19-9-10-24-47(36)67-49)30-41(46)37-26-27-38-35-18-8-11-25-48(35)68-60(38)58(37)66/h2-31H. The molecular formula is C60H30N6S2. The third kappa shape index (κ3) is 4.82. The zero-order valence-electron chi connectivity index (χ0n) is 35.8. The normalized spacial score (nSPS) is 12.1. The Morgan fingerprint density at radius 1 is 0.471 bits per heavy atom. The SMILES string of the molecule is [C-]#[N+]c1c(-c2ccccc2)c(C#N)c(-n2c3cc4sc5ccccc5c4cc3c3ccc4c5ccccc5sc4c32)c(-c2ccccc2)c1-n1c2cccc3c4nccnc4c4cccc1c4c32. The molecule has 0 radical (unpaired) electrons. The fourth-order valence-electron chi connectivity index (χ4n) is 11.3. The van der Waals surface area contributed by atoms with Crippen molar-refractivity contribution in [3.05, 3.63) is 199 Å². The molecule has 15 aromatic rings. The molecule has 15 rings (SSSR count). The van der Waals surface area contributed by atoms with E-state index in [1.807, 2.05) is 36.4 Å². The summed E-state index contributed by atoms with van der Waals surface area (Å²) in [7, 11) is 0. The van der Waals surface area contributed by atoms with E-state index >= 15 is 0 Å². The van der Waals surface area contributed by atoms with Crippen LogP contribution in [0.4, 0.5) is 5.69 Å². The molecule has 0 aliphatic rings. The number of nitrogens with zero attached hydrogens (tertiary/aromatic N) is 6. The smallest absolute Gasteiger partial charge is 0.220 e. The molecule has 0 N–H and O–H groups in total. The molecule has 5 heterocycles. The molecule has 0 unspecified atom stereocenters. The molecule has 0 atom stereocenters. The van der Waals surface area contributed by atoms with Crippen molar-refractivity contribution in [2.24, 2.45) is 0 Å². The van der Waals surface area contributed by atoms with Gasteiger partial charge in [-0.05, 0) is 47.5 Å². The monoisotopic (exact) mass is 898 g/mol. The van der Waals surface area contributed by atoms with Gasteiger partial charge in [0.2, 0.25) is 5.69 Å². The van der Waals surface area contributed by atoms with Gasteiger partial charge in [-0.25, -0.2) is 4.85 Å². The molecule has 8 heteroatoms. The molecule has 0 saturated heterocycles. The Kier molecular flexibility index (Phi) is 7.58. The summed E-state index contributed by atoms with van der Waals surface area (Å²) in [6, 6.07) is 62.5. The van der Waals surface area contributed by atoms with Gasteiger partial charge < -0.3 is 9.13 Å². The number of thiophene rings is 2. The largest absolute Gasteiger partial charge is 0.318 e. The van der Waals surface area contributed by atoms with Crippen molar-refractivity contribution in [1.29, 1.82) is 5.26 Å². The van der Waals surface area contributed by atoms with E-state index in [1.165, 1.54) is 30.3 Å². The first-order valence-corrected chi connectivity index (χ1v) is 24.0. The van der Waals surface area contributed by atoms with E-state index in [0.29, 0.717) is 22.5 Å². The molecule has 0 bridgehead atoms. The maximum atomic E-state index is 12.1. The van der Waals surface area contributed by atoms with Gasteiger partial charge >= 0.3 is 0 Å². The average Bonchev–Trinajstić information content (AvgIpc) is 4.15. The van der Waals surface area contributed by atoms with Gasteiger partial charge in [0.1, 0.15) is 6.07 Å². The Morgan fingerprint density at radius 3 is 1.69 bits per heavy atom. The van der Waals surface area contributed by atoms with Crippen LogP contribution >= 0.6 is 22.7 Å². The van der Waals surface area contributed by atoms with Crippen molar-refractivity contribution in [2.75, 3.05) is 0 Å². The van der Waals surface area contributed by atoms with Crippen LogP contribution < -0.4 is 0 Å². The topological polar surface area (TPSA) is 63.8 Å². The minimum absolute atomic E-state index is 0.401. The highest BCUT2D eigenvalue weighted by atomic mass is 32.1. The van der Waals surface area contributed by atoms with Crippen LogP contribution in [0.3, 0.4) is 0 Å². The Balaban J connectivity index is 1.24. The highest BCUT2D eigenvalue weighted by Crippen LogP contribution is 2.55. The lowest BCUT2D eigenvalue weighted by Gasteiger charge is -2.26. The Morgan fingerprint density at radius 2 is 1.04 bits per heavy atom. The molecule has 0 spiro atoms. The minimum atomic E-state index is 0.401. The summed E-state index contributed by atoms with van der Waals surface area (Å²) < 4.78 is 9.42. The van der Waals surface area contributed by atoms with Crippen molar-refractivity contribution < 1.29 is 0 Å². The number of rotatable bonds is 4. The zero-order chi connectivity index (χ0) is 44.8. The quantitative estimate of drug-likeness (QED) is 0.131. The van der Waals surface area contributed by atoms with E-state index in [0.717, 1.165) is 97.9 Å². The number of benzene rings is 10. The van der Waals surface area contributed by atoms with Gasteiger partial charge in [-0.3, -0.25) is 9.97 Å². The van der Waals surface area contributed by atoms with Crippen LogP contribution in [0, 0.1) is 17.9 Å². The predicted molar refractivity (Wildman–Crippen MR) is 285 cm³/mol. The molecular weight excluding hydrogens is 869 g/mol. The summed E-state index contributed by atoms with van der Waals surface area (Å²) in [5.41, 5.74) is 10.9. The van der Waals surface area contributed by atoms with E-state index in [1.54, 1.807) is 35.1 Å². The molecule has 0 aliphatic heterocycles. The van der Waals surface area contributed by atoms with E-state index in [2.05, 4.69) is 154 Å². The number of aromatic nitrogens is 4. The molecule has 10 aromatic carbocycles. The highest BCUT2D eigenvalue weighted by molar-refractivity contribution is 7.27. The Hall–Kier alpha value is -8.92. The fraction of sp³-hybridized carbons (Fsp3) is 0. The van der Waals surface area contributed by atoms with Gasteiger partial charge in [-0.15, -0.1) is 22.7 Å². The van der Waals surface area contributed by atoms with Crippen LogP contribution in [0.25, 0.3) is 144 Å². The van der Waals surface area contributed by atoms with Gasteiger partial charge in [0, 0.05) is 91.5 Å². The van der Waals surface area contributed by atoms with Crippen LogP contribution in [0.1, 0.15) is 5.56 Å². The maximum Gasteiger partial charge on any atom is 0.220 e. The van der Waals surface area contributed by atoms with Crippen LogP contribution in [-0.4, -0.2) is 19.1 Å². The zero-order valence-corrected chi connectivity index (χ0v) is 37.5. The Bertz CT molecular complexity index is 4670. The second-order valence-electron chi connectivity index (χ2n) is 17.4. The molecule has 5 aromatic heterocycles. The van der Waals surface area contributed by atoms with E-state index in [-0.39, 0.29) is 0 Å². The number of nitriles is 1. The molecule has 0 saturated carbocycles. The summed E-state index contributed by atoms with van der Waals surface area (Å²) in [6.07, 6.45) is 3.52. The van der Waals surface area contributed by atoms with Gasteiger partial charge in [-0.1, -0.05) is 133 Å². The van der Waals surface area contributed by atoms with Crippen molar-refractivity contribution in [2.45, 2.75) is 0 Å². The first-order valence-electron chi connectivity index (χ1n) is 22.4. The summed E-state index contributed by atoms with van der Waals surface area (Å²) >= 11 is 3.58. The predicted octanol–water partition coefficient (Wildman–Crippen LogP) is 16.9. The minimum Gasteiger partial charge on any atom is -0.318 e. The molecule has 0 amide bonds. The van der Waals surface area contributed by atoms with Crippen LogP contribution in [0.2, 0.25) is 0 Å². The summed E-state index contributed by atoms with van der Waals surface area (Å²) in [5.74, 6) is 0. The fourth-order valence-corrected chi connectivity index (χ4v) is 13.7. The maximum absolute atomic E-state index is 12.1. The van der Waals surface area contributed by atoms with Crippen LogP contribution in [0.5, 0.6) is 0 Å². The summed E-state index contributed by atoms with van der Waals surface area (Å²) in [4.78, 5) is 14.4. The van der Waals surface area contributed by atoms with Gasteiger partial charge in [-0.2, -0.15) is 5.26 Å². The molecule has 312 valence electrons. The molecule has 0 fully saturated rings. The third-order valence-electron chi connectivity index (χ3n) is 14.0. The lowest BCUT2D eigenvalue weighted by molar-refractivity contribution is 1.14. The number of hydrogen-bond acceptors (Lipinski definition) is 5. The first-order chi connectivity index (χ1) is 33.7. The van der Waals surface area contributed by atoms with Crippen LogP contribution in [0.15, 0.2) is 182 Å². The van der Waals surface area contributed by atoms with Crippen molar-refractivity contribution in [1.82, 2.24) is 19.1 Å². The number of hydrogen-bond donors (Lipinski definition) is 0. The third-order valence-corrected chi connectivity index (χ3v) is 16.3.